The molecule has 104 valence electrons. The van der Waals surface area contributed by atoms with E-state index in [0.717, 1.165) is 45.1 Å². The number of fused-ring (bicyclic) bond motifs is 1. The summed E-state index contributed by atoms with van der Waals surface area (Å²) in [4.78, 5) is 2.58. The molecule has 18 heavy (non-hydrogen) atoms. The van der Waals surface area contributed by atoms with Gasteiger partial charge in [0, 0.05) is 37.6 Å². The lowest BCUT2D eigenvalue weighted by Gasteiger charge is -2.31. The Morgan fingerprint density at radius 2 is 2.28 bits per heavy atom. The molecule has 2 saturated heterocycles. The highest BCUT2D eigenvalue weighted by atomic mass is 16.5. The van der Waals surface area contributed by atoms with Gasteiger partial charge in [-0.05, 0) is 32.1 Å². The van der Waals surface area contributed by atoms with Gasteiger partial charge in [0.25, 0.3) is 0 Å². The number of aliphatic hydroxyl groups excluding tert-OH is 1. The van der Waals surface area contributed by atoms with Gasteiger partial charge in [-0.25, -0.2) is 0 Å². The lowest BCUT2D eigenvalue weighted by Crippen LogP contribution is -2.45. The Morgan fingerprint density at radius 3 is 3.00 bits per heavy atom. The van der Waals surface area contributed by atoms with Crippen LogP contribution in [-0.2, 0) is 4.74 Å². The van der Waals surface area contributed by atoms with Crippen LogP contribution in [0.15, 0.2) is 0 Å². The molecule has 0 aromatic carbocycles. The minimum absolute atomic E-state index is 0.0386. The second-order valence-electron chi connectivity index (χ2n) is 6.33. The highest BCUT2D eigenvalue weighted by Crippen LogP contribution is 2.39. The van der Waals surface area contributed by atoms with Gasteiger partial charge in [-0.3, -0.25) is 4.90 Å². The molecule has 1 aliphatic carbocycles. The molecular weight excluding hydrogens is 228 g/mol. The number of nitrogens with zero attached hydrogens (tertiary/aromatic N) is 1. The molecule has 3 fully saturated rings. The molecule has 4 heteroatoms. The summed E-state index contributed by atoms with van der Waals surface area (Å²) in [7, 11) is 0. The molecule has 3 rings (SSSR count). The van der Waals surface area contributed by atoms with E-state index in [4.69, 9.17) is 4.74 Å². The van der Waals surface area contributed by atoms with Crippen LogP contribution in [0.4, 0.5) is 0 Å². The van der Waals surface area contributed by atoms with Crippen molar-refractivity contribution >= 4 is 0 Å². The van der Waals surface area contributed by atoms with E-state index in [1.165, 1.54) is 13.0 Å². The van der Waals surface area contributed by atoms with Crippen molar-refractivity contribution in [1.82, 2.24) is 10.2 Å². The van der Waals surface area contributed by atoms with Crippen LogP contribution in [0.5, 0.6) is 0 Å². The fourth-order valence-electron chi connectivity index (χ4n) is 3.96. The van der Waals surface area contributed by atoms with Gasteiger partial charge >= 0.3 is 0 Å². The summed E-state index contributed by atoms with van der Waals surface area (Å²) < 4.78 is 5.52. The molecule has 3 aliphatic rings. The van der Waals surface area contributed by atoms with E-state index in [0.29, 0.717) is 18.0 Å². The van der Waals surface area contributed by atoms with Gasteiger partial charge in [0.15, 0.2) is 0 Å². The first kappa shape index (κ1) is 12.9. The maximum Gasteiger partial charge on any atom is 0.0620 e. The molecule has 0 amide bonds. The van der Waals surface area contributed by atoms with Crippen LogP contribution < -0.4 is 5.32 Å². The van der Waals surface area contributed by atoms with Crippen molar-refractivity contribution in [2.24, 2.45) is 11.8 Å². The molecule has 4 nitrogen and oxygen atoms in total. The second kappa shape index (κ2) is 5.45. The smallest absolute Gasteiger partial charge is 0.0620 e. The summed E-state index contributed by atoms with van der Waals surface area (Å²) in [5.74, 6) is 1.29. The summed E-state index contributed by atoms with van der Waals surface area (Å²) in [5, 5.41) is 13.5. The first-order valence-corrected chi connectivity index (χ1v) is 7.47. The number of rotatable bonds is 3. The standard InChI is InChI=1S/C14H26N2O2/c1-10(6-12-9-18-5-4-15-12)16-7-11-2-3-14(17)13(11)8-16/h10-15,17H,2-9H2,1H3. The van der Waals surface area contributed by atoms with Crippen molar-refractivity contribution in [3.8, 4) is 0 Å². The minimum atomic E-state index is -0.0386. The lowest BCUT2D eigenvalue weighted by molar-refractivity contribution is 0.0618. The molecule has 0 radical (unpaired) electrons. The van der Waals surface area contributed by atoms with Gasteiger partial charge in [0.1, 0.15) is 0 Å². The van der Waals surface area contributed by atoms with Crippen LogP contribution in [0.25, 0.3) is 0 Å². The normalized spacial score (nSPS) is 43.0. The average molecular weight is 254 g/mol. The largest absolute Gasteiger partial charge is 0.393 e. The number of aliphatic hydroxyl groups is 1. The Kier molecular flexibility index (Phi) is 3.89. The van der Waals surface area contributed by atoms with Gasteiger partial charge < -0.3 is 15.2 Å². The summed E-state index contributed by atoms with van der Waals surface area (Å²) >= 11 is 0. The molecule has 0 spiro atoms. The fraction of sp³-hybridized carbons (Fsp3) is 1.00. The Balaban J connectivity index is 1.49. The molecule has 2 aliphatic heterocycles. The number of ether oxygens (including phenoxy) is 1. The molecular formula is C14H26N2O2. The van der Waals surface area contributed by atoms with Crippen molar-refractivity contribution in [2.75, 3.05) is 32.8 Å². The Bertz CT molecular complexity index is 281. The van der Waals surface area contributed by atoms with Gasteiger partial charge in [-0.2, -0.15) is 0 Å². The summed E-state index contributed by atoms with van der Waals surface area (Å²) in [6, 6.07) is 1.11. The van der Waals surface area contributed by atoms with Crippen LogP contribution in [0, 0.1) is 11.8 Å². The fourth-order valence-corrected chi connectivity index (χ4v) is 3.96. The highest BCUT2D eigenvalue weighted by molar-refractivity contribution is 4.95. The number of nitrogens with one attached hydrogen (secondary N) is 1. The minimum Gasteiger partial charge on any atom is -0.393 e. The van der Waals surface area contributed by atoms with E-state index in [1.54, 1.807) is 0 Å². The number of hydrogen-bond donors (Lipinski definition) is 2. The van der Waals surface area contributed by atoms with Crippen molar-refractivity contribution in [3.05, 3.63) is 0 Å². The average Bonchev–Trinajstić information content (AvgIpc) is 2.93. The quantitative estimate of drug-likeness (QED) is 0.768. The summed E-state index contributed by atoms with van der Waals surface area (Å²) in [6.45, 7) is 7.31. The predicted octanol–water partition coefficient (Wildman–Crippen LogP) is 0.456. The van der Waals surface area contributed by atoms with Crippen LogP contribution >= 0.6 is 0 Å². The zero-order chi connectivity index (χ0) is 12.5. The Hall–Kier alpha value is -0.160. The van der Waals surface area contributed by atoms with Gasteiger partial charge in [0.05, 0.1) is 19.3 Å². The van der Waals surface area contributed by atoms with E-state index in [1.807, 2.05) is 0 Å². The topological polar surface area (TPSA) is 44.7 Å². The number of hydrogen-bond acceptors (Lipinski definition) is 4. The lowest BCUT2D eigenvalue weighted by atomic mass is 10.00. The third-order valence-corrected chi connectivity index (χ3v) is 5.09. The van der Waals surface area contributed by atoms with Crippen LogP contribution in [0.3, 0.4) is 0 Å². The van der Waals surface area contributed by atoms with Crippen molar-refractivity contribution in [1.29, 1.82) is 0 Å². The van der Waals surface area contributed by atoms with Crippen LogP contribution in [0.1, 0.15) is 26.2 Å². The van der Waals surface area contributed by atoms with Gasteiger partial charge in [0.2, 0.25) is 0 Å². The number of morpholine rings is 1. The van der Waals surface area contributed by atoms with Crippen LogP contribution in [0.2, 0.25) is 0 Å². The molecule has 2 N–H and O–H groups in total. The molecule has 0 aromatic heterocycles. The predicted molar refractivity (Wildman–Crippen MR) is 70.5 cm³/mol. The molecule has 2 heterocycles. The maximum absolute atomic E-state index is 9.96. The molecule has 0 aromatic rings. The molecule has 0 bridgehead atoms. The first-order chi connectivity index (χ1) is 8.74. The van der Waals surface area contributed by atoms with Crippen molar-refractivity contribution in [3.63, 3.8) is 0 Å². The third kappa shape index (κ3) is 2.57. The Morgan fingerprint density at radius 1 is 1.39 bits per heavy atom. The second-order valence-corrected chi connectivity index (χ2v) is 6.33. The summed E-state index contributed by atoms with van der Waals surface area (Å²) in [6.07, 6.45) is 3.37. The van der Waals surface area contributed by atoms with Crippen LogP contribution in [-0.4, -0.2) is 61.0 Å². The van der Waals surface area contributed by atoms with Gasteiger partial charge in [-0.1, -0.05) is 0 Å². The first-order valence-electron chi connectivity index (χ1n) is 7.47. The zero-order valence-corrected chi connectivity index (χ0v) is 11.3. The van der Waals surface area contributed by atoms with E-state index in [-0.39, 0.29) is 6.10 Å². The highest BCUT2D eigenvalue weighted by Gasteiger charge is 2.43. The maximum atomic E-state index is 9.96. The number of likely N-dealkylation sites (tertiary alicyclic amines) is 1. The third-order valence-electron chi connectivity index (χ3n) is 5.09. The van der Waals surface area contributed by atoms with E-state index < -0.39 is 0 Å². The molecule has 1 saturated carbocycles. The van der Waals surface area contributed by atoms with Gasteiger partial charge in [-0.15, -0.1) is 0 Å². The molecule has 5 atom stereocenters. The SMILES string of the molecule is CC(CC1COCCN1)N1CC2CCC(O)C2C1. The monoisotopic (exact) mass is 254 g/mol. The summed E-state index contributed by atoms with van der Waals surface area (Å²) in [5.41, 5.74) is 0. The Labute approximate surface area is 110 Å². The van der Waals surface area contributed by atoms with Crippen molar-refractivity contribution in [2.45, 2.75) is 44.4 Å². The molecule has 5 unspecified atom stereocenters. The van der Waals surface area contributed by atoms with E-state index >= 15 is 0 Å². The van der Waals surface area contributed by atoms with Crippen molar-refractivity contribution < 1.29 is 9.84 Å². The van der Waals surface area contributed by atoms with E-state index in [2.05, 4.69) is 17.1 Å². The zero-order valence-electron chi connectivity index (χ0n) is 11.3. The van der Waals surface area contributed by atoms with E-state index in [9.17, 15) is 5.11 Å².